The summed E-state index contributed by atoms with van der Waals surface area (Å²) in [5.74, 6) is 0.0606. The maximum atomic E-state index is 12.4. The van der Waals surface area contributed by atoms with Crippen molar-refractivity contribution in [1.29, 1.82) is 0 Å². The first-order valence-corrected chi connectivity index (χ1v) is 7.50. The fraction of sp³-hybridized carbons (Fsp3) is 0.222. The number of rotatable bonds is 4. The number of para-hydroxylation sites is 2. The molecule has 0 bridgehead atoms. The number of carbonyl (C=O) groups is 2. The van der Waals surface area contributed by atoms with E-state index in [1.807, 2.05) is 24.3 Å². The molecule has 3 rings (SSSR count). The second-order valence-electron chi connectivity index (χ2n) is 5.31. The second kappa shape index (κ2) is 6.52. The zero-order valence-corrected chi connectivity index (χ0v) is 12.9. The summed E-state index contributed by atoms with van der Waals surface area (Å²) in [6.07, 6.45) is 0.850. The van der Waals surface area contributed by atoms with Gasteiger partial charge in [-0.05, 0) is 30.2 Å². The minimum atomic E-state index is -0.316. The van der Waals surface area contributed by atoms with E-state index in [9.17, 15) is 9.59 Å². The molecule has 1 aliphatic heterocycles. The van der Waals surface area contributed by atoms with Crippen LogP contribution < -0.4 is 15.0 Å². The van der Waals surface area contributed by atoms with Crippen LogP contribution >= 0.6 is 0 Å². The van der Waals surface area contributed by atoms with Crippen LogP contribution in [-0.4, -0.2) is 32.0 Å². The Balaban J connectivity index is 1.65. The lowest BCUT2D eigenvalue weighted by molar-refractivity contribution is -0.117. The molecular weight excluding hydrogens is 292 g/mol. The highest BCUT2D eigenvalue weighted by Crippen LogP contribution is 2.27. The number of amides is 2. The number of hydrogen-bond donors (Lipinski definition) is 1. The first-order chi connectivity index (χ1) is 11.2. The Kier molecular flexibility index (Phi) is 4.28. The maximum Gasteiger partial charge on any atom is 0.255 e. The van der Waals surface area contributed by atoms with Gasteiger partial charge in [0.15, 0.2) is 0 Å². The van der Waals surface area contributed by atoms with Gasteiger partial charge in [0.1, 0.15) is 5.75 Å². The topological polar surface area (TPSA) is 58.6 Å². The fourth-order valence-electron chi connectivity index (χ4n) is 2.78. The maximum absolute atomic E-state index is 12.4. The molecule has 1 aliphatic rings. The van der Waals surface area contributed by atoms with Crippen LogP contribution in [0.15, 0.2) is 48.5 Å². The Hall–Kier alpha value is -2.82. The molecule has 1 N–H and O–H groups in total. The van der Waals surface area contributed by atoms with Crippen LogP contribution in [0.25, 0.3) is 0 Å². The number of ether oxygens (including phenoxy) is 1. The third kappa shape index (κ3) is 3.04. The van der Waals surface area contributed by atoms with E-state index in [2.05, 4.69) is 5.32 Å². The Morgan fingerprint density at radius 2 is 1.87 bits per heavy atom. The molecule has 0 fully saturated rings. The van der Waals surface area contributed by atoms with E-state index >= 15 is 0 Å². The lowest BCUT2D eigenvalue weighted by Crippen LogP contribution is -2.39. The number of anilines is 1. The minimum absolute atomic E-state index is 0.0365. The largest absolute Gasteiger partial charge is 0.496 e. The zero-order chi connectivity index (χ0) is 16.2. The van der Waals surface area contributed by atoms with Gasteiger partial charge in [0.05, 0.1) is 19.2 Å². The van der Waals surface area contributed by atoms with Crippen LogP contribution in [-0.2, 0) is 11.2 Å². The second-order valence-corrected chi connectivity index (χ2v) is 5.31. The molecule has 0 aromatic heterocycles. The van der Waals surface area contributed by atoms with Crippen molar-refractivity contribution in [1.82, 2.24) is 5.32 Å². The van der Waals surface area contributed by atoms with E-state index in [1.165, 1.54) is 7.11 Å². The van der Waals surface area contributed by atoms with Crippen LogP contribution in [0.3, 0.4) is 0 Å². The summed E-state index contributed by atoms with van der Waals surface area (Å²) in [6, 6.07) is 14.8. The highest BCUT2D eigenvalue weighted by Gasteiger charge is 2.24. The third-order valence-electron chi connectivity index (χ3n) is 3.94. The summed E-state index contributed by atoms with van der Waals surface area (Å²) < 4.78 is 5.16. The van der Waals surface area contributed by atoms with Crippen molar-refractivity contribution in [2.24, 2.45) is 0 Å². The first-order valence-electron chi connectivity index (χ1n) is 7.50. The van der Waals surface area contributed by atoms with Gasteiger partial charge < -0.3 is 15.0 Å². The smallest absolute Gasteiger partial charge is 0.255 e. The number of hydrogen-bond acceptors (Lipinski definition) is 3. The number of benzene rings is 2. The van der Waals surface area contributed by atoms with Crippen molar-refractivity contribution in [3.05, 3.63) is 59.7 Å². The lowest BCUT2D eigenvalue weighted by atomic mass is 10.2. The SMILES string of the molecule is COc1ccccc1C(=O)NCC(=O)N1CCc2ccccc21. The first kappa shape index (κ1) is 15.1. The molecule has 0 aliphatic carbocycles. The van der Waals surface area contributed by atoms with Crippen LogP contribution in [0.1, 0.15) is 15.9 Å². The lowest BCUT2D eigenvalue weighted by Gasteiger charge is -2.17. The summed E-state index contributed by atoms with van der Waals surface area (Å²) in [5, 5.41) is 2.67. The number of nitrogens with zero attached hydrogens (tertiary/aromatic N) is 1. The predicted octanol–water partition coefficient (Wildman–Crippen LogP) is 2.01. The molecule has 23 heavy (non-hydrogen) atoms. The molecular formula is C18H18N2O3. The van der Waals surface area contributed by atoms with Crippen molar-refractivity contribution in [2.45, 2.75) is 6.42 Å². The van der Waals surface area contributed by atoms with Gasteiger partial charge in [0.25, 0.3) is 5.91 Å². The Morgan fingerprint density at radius 3 is 2.70 bits per heavy atom. The molecule has 5 heteroatoms. The molecule has 0 radical (unpaired) electrons. The third-order valence-corrected chi connectivity index (χ3v) is 3.94. The van der Waals surface area contributed by atoms with Gasteiger partial charge in [0, 0.05) is 12.2 Å². The van der Waals surface area contributed by atoms with E-state index in [4.69, 9.17) is 4.74 Å². The summed E-state index contributed by atoms with van der Waals surface area (Å²) in [4.78, 5) is 26.3. The van der Waals surface area contributed by atoms with Gasteiger partial charge >= 0.3 is 0 Å². The Morgan fingerprint density at radius 1 is 1.13 bits per heavy atom. The average molecular weight is 310 g/mol. The standard InChI is InChI=1S/C18H18N2O3/c1-23-16-9-5-3-7-14(16)18(22)19-12-17(21)20-11-10-13-6-2-4-8-15(13)20/h2-9H,10-12H2,1H3,(H,19,22). The minimum Gasteiger partial charge on any atom is -0.496 e. The Labute approximate surface area is 134 Å². The van der Waals surface area contributed by atoms with Gasteiger partial charge in [-0.25, -0.2) is 0 Å². The zero-order valence-electron chi connectivity index (χ0n) is 12.9. The van der Waals surface area contributed by atoms with E-state index in [-0.39, 0.29) is 18.4 Å². The summed E-state index contributed by atoms with van der Waals surface area (Å²) in [6.45, 7) is 0.619. The van der Waals surface area contributed by atoms with Crippen molar-refractivity contribution in [3.8, 4) is 5.75 Å². The van der Waals surface area contributed by atoms with E-state index in [1.54, 1.807) is 29.2 Å². The summed E-state index contributed by atoms with van der Waals surface area (Å²) in [5.41, 5.74) is 2.52. The molecule has 2 amide bonds. The van der Waals surface area contributed by atoms with Crippen LogP contribution in [0.2, 0.25) is 0 Å². The van der Waals surface area contributed by atoms with Gasteiger partial charge in [0.2, 0.25) is 5.91 Å². The molecule has 2 aromatic rings. The number of nitrogens with one attached hydrogen (secondary N) is 1. The fourth-order valence-corrected chi connectivity index (χ4v) is 2.78. The molecule has 0 unspecified atom stereocenters. The van der Waals surface area contributed by atoms with Crippen molar-refractivity contribution < 1.29 is 14.3 Å². The molecule has 0 spiro atoms. The molecule has 0 saturated heterocycles. The highest BCUT2D eigenvalue weighted by molar-refractivity contribution is 6.02. The molecule has 118 valence electrons. The monoisotopic (exact) mass is 310 g/mol. The molecule has 1 heterocycles. The van der Waals surface area contributed by atoms with Crippen molar-refractivity contribution >= 4 is 17.5 Å². The Bertz CT molecular complexity index is 743. The molecule has 2 aromatic carbocycles. The molecule has 5 nitrogen and oxygen atoms in total. The van der Waals surface area contributed by atoms with E-state index in [0.717, 1.165) is 17.7 Å². The molecule has 0 atom stereocenters. The van der Waals surface area contributed by atoms with Gasteiger partial charge in [-0.1, -0.05) is 30.3 Å². The van der Waals surface area contributed by atoms with E-state index in [0.29, 0.717) is 17.9 Å². The van der Waals surface area contributed by atoms with E-state index < -0.39 is 0 Å². The van der Waals surface area contributed by atoms with Crippen LogP contribution in [0.4, 0.5) is 5.69 Å². The van der Waals surface area contributed by atoms with Crippen molar-refractivity contribution in [2.75, 3.05) is 25.1 Å². The highest BCUT2D eigenvalue weighted by atomic mass is 16.5. The van der Waals surface area contributed by atoms with Gasteiger partial charge in [-0.3, -0.25) is 9.59 Å². The number of fused-ring (bicyclic) bond motifs is 1. The summed E-state index contributed by atoms with van der Waals surface area (Å²) >= 11 is 0. The number of carbonyl (C=O) groups excluding carboxylic acids is 2. The van der Waals surface area contributed by atoms with Crippen molar-refractivity contribution in [3.63, 3.8) is 0 Å². The van der Waals surface area contributed by atoms with Gasteiger partial charge in [-0.2, -0.15) is 0 Å². The normalized spacial score (nSPS) is 12.7. The summed E-state index contributed by atoms with van der Waals surface area (Å²) in [7, 11) is 1.51. The predicted molar refractivity (Wildman–Crippen MR) is 87.8 cm³/mol. The molecule has 0 saturated carbocycles. The average Bonchev–Trinajstić information content (AvgIpc) is 3.03. The van der Waals surface area contributed by atoms with Crippen LogP contribution in [0, 0.1) is 0 Å². The number of methoxy groups -OCH3 is 1. The van der Waals surface area contributed by atoms with Gasteiger partial charge in [-0.15, -0.1) is 0 Å². The quantitative estimate of drug-likeness (QED) is 0.940. The van der Waals surface area contributed by atoms with Crippen LogP contribution in [0.5, 0.6) is 5.75 Å².